The van der Waals surface area contributed by atoms with Crippen molar-refractivity contribution in [3.63, 3.8) is 0 Å². The first kappa shape index (κ1) is 17.8. The highest BCUT2D eigenvalue weighted by Crippen LogP contribution is 2.29. The SMILES string of the molecule is Cc1cccc(C(Cc2ccc(CN3CCCC3)cc2)N2CCCC2)c1. The Kier molecular flexibility index (Phi) is 5.72. The number of hydrogen-bond donors (Lipinski definition) is 0. The normalized spacial score (nSPS) is 19.9. The standard InChI is InChI=1S/C24H32N2/c1-20-7-6-8-23(17-20)24(26-15-4-5-16-26)18-21-9-11-22(12-10-21)19-25-13-2-3-14-25/h6-12,17,24H,2-5,13-16,18-19H2,1H3. The van der Waals surface area contributed by atoms with Crippen molar-refractivity contribution in [1.29, 1.82) is 0 Å². The van der Waals surface area contributed by atoms with Crippen LogP contribution in [0.5, 0.6) is 0 Å². The van der Waals surface area contributed by atoms with Gasteiger partial charge in [0.15, 0.2) is 0 Å². The van der Waals surface area contributed by atoms with Crippen molar-refractivity contribution in [2.45, 2.75) is 51.6 Å². The quantitative estimate of drug-likeness (QED) is 0.727. The molecule has 26 heavy (non-hydrogen) atoms. The maximum atomic E-state index is 2.69. The molecule has 2 aromatic rings. The number of benzene rings is 2. The van der Waals surface area contributed by atoms with E-state index in [1.807, 2.05) is 0 Å². The van der Waals surface area contributed by atoms with Crippen molar-refractivity contribution in [2.24, 2.45) is 0 Å². The molecule has 0 N–H and O–H groups in total. The molecule has 1 unspecified atom stereocenters. The Balaban J connectivity index is 1.48. The molecule has 1 atom stereocenters. The van der Waals surface area contributed by atoms with Gasteiger partial charge in [-0.1, -0.05) is 54.1 Å². The molecule has 0 spiro atoms. The minimum Gasteiger partial charge on any atom is -0.299 e. The van der Waals surface area contributed by atoms with E-state index in [0.29, 0.717) is 6.04 Å². The van der Waals surface area contributed by atoms with E-state index in [2.05, 4.69) is 65.3 Å². The molecule has 2 heterocycles. The smallest absolute Gasteiger partial charge is 0.0388 e. The lowest BCUT2D eigenvalue weighted by Crippen LogP contribution is -2.27. The van der Waals surface area contributed by atoms with Crippen LogP contribution in [0.15, 0.2) is 48.5 Å². The first-order valence-electron chi connectivity index (χ1n) is 10.4. The number of likely N-dealkylation sites (tertiary alicyclic amines) is 2. The Morgan fingerprint density at radius 3 is 2.15 bits per heavy atom. The van der Waals surface area contributed by atoms with Gasteiger partial charge >= 0.3 is 0 Å². The van der Waals surface area contributed by atoms with E-state index in [0.717, 1.165) is 13.0 Å². The second-order valence-electron chi connectivity index (χ2n) is 8.18. The van der Waals surface area contributed by atoms with E-state index in [-0.39, 0.29) is 0 Å². The van der Waals surface area contributed by atoms with E-state index in [1.165, 1.54) is 74.1 Å². The summed E-state index contributed by atoms with van der Waals surface area (Å²) in [7, 11) is 0. The third-order valence-electron chi connectivity index (χ3n) is 6.07. The van der Waals surface area contributed by atoms with Gasteiger partial charge in [0.1, 0.15) is 0 Å². The summed E-state index contributed by atoms with van der Waals surface area (Å²) in [6.07, 6.45) is 6.54. The first-order chi connectivity index (χ1) is 12.8. The van der Waals surface area contributed by atoms with Crippen molar-refractivity contribution in [1.82, 2.24) is 9.80 Å². The van der Waals surface area contributed by atoms with Crippen LogP contribution in [0.25, 0.3) is 0 Å². The summed E-state index contributed by atoms with van der Waals surface area (Å²) in [6.45, 7) is 8.35. The highest BCUT2D eigenvalue weighted by molar-refractivity contribution is 5.29. The highest BCUT2D eigenvalue weighted by Gasteiger charge is 2.23. The molecule has 4 rings (SSSR count). The molecule has 2 saturated heterocycles. The molecule has 2 aliphatic heterocycles. The fourth-order valence-corrected chi connectivity index (χ4v) is 4.59. The van der Waals surface area contributed by atoms with Crippen molar-refractivity contribution >= 4 is 0 Å². The molecule has 2 aliphatic rings. The molecule has 2 nitrogen and oxygen atoms in total. The topological polar surface area (TPSA) is 6.48 Å². The fourth-order valence-electron chi connectivity index (χ4n) is 4.59. The summed E-state index contributed by atoms with van der Waals surface area (Å²) in [5, 5.41) is 0. The number of hydrogen-bond acceptors (Lipinski definition) is 2. The zero-order valence-corrected chi connectivity index (χ0v) is 16.2. The number of nitrogens with zero attached hydrogens (tertiary/aromatic N) is 2. The van der Waals surface area contributed by atoms with E-state index in [1.54, 1.807) is 0 Å². The number of rotatable bonds is 6. The van der Waals surface area contributed by atoms with Crippen LogP contribution in [-0.4, -0.2) is 36.0 Å². The molecule has 2 fully saturated rings. The Bertz CT molecular complexity index is 694. The molecular formula is C24H32N2. The van der Waals surface area contributed by atoms with Gasteiger partial charge in [-0.05, 0) is 81.9 Å². The third kappa shape index (κ3) is 4.36. The maximum absolute atomic E-state index is 2.69. The van der Waals surface area contributed by atoms with Crippen LogP contribution < -0.4 is 0 Å². The largest absolute Gasteiger partial charge is 0.299 e. The van der Waals surface area contributed by atoms with Gasteiger partial charge < -0.3 is 0 Å². The predicted octanol–water partition coefficient (Wildman–Crippen LogP) is 4.97. The van der Waals surface area contributed by atoms with Gasteiger partial charge in [0, 0.05) is 12.6 Å². The van der Waals surface area contributed by atoms with E-state index < -0.39 is 0 Å². The van der Waals surface area contributed by atoms with Gasteiger partial charge in [0.2, 0.25) is 0 Å². The summed E-state index contributed by atoms with van der Waals surface area (Å²) < 4.78 is 0. The molecule has 138 valence electrons. The summed E-state index contributed by atoms with van der Waals surface area (Å²) in [5.74, 6) is 0. The summed E-state index contributed by atoms with van der Waals surface area (Å²) in [4.78, 5) is 5.27. The zero-order valence-electron chi connectivity index (χ0n) is 16.2. The summed E-state index contributed by atoms with van der Waals surface area (Å²) >= 11 is 0. The maximum Gasteiger partial charge on any atom is 0.0388 e. The van der Waals surface area contributed by atoms with E-state index in [4.69, 9.17) is 0 Å². The van der Waals surface area contributed by atoms with Crippen LogP contribution in [0.3, 0.4) is 0 Å². The van der Waals surface area contributed by atoms with Crippen molar-refractivity contribution in [2.75, 3.05) is 26.2 Å². The van der Waals surface area contributed by atoms with Crippen LogP contribution in [0.4, 0.5) is 0 Å². The molecule has 2 heteroatoms. The average Bonchev–Trinajstić information content (AvgIpc) is 3.35. The van der Waals surface area contributed by atoms with Gasteiger partial charge in [-0.3, -0.25) is 9.80 Å². The van der Waals surface area contributed by atoms with E-state index >= 15 is 0 Å². The first-order valence-corrected chi connectivity index (χ1v) is 10.4. The molecule has 0 amide bonds. The van der Waals surface area contributed by atoms with Crippen LogP contribution in [0, 0.1) is 6.92 Å². The number of aryl methyl sites for hydroxylation is 1. The average molecular weight is 349 g/mol. The van der Waals surface area contributed by atoms with Crippen LogP contribution >= 0.6 is 0 Å². The Labute approximate surface area is 158 Å². The minimum absolute atomic E-state index is 0.516. The van der Waals surface area contributed by atoms with Crippen LogP contribution in [-0.2, 0) is 13.0 Å². The zero-order chi connectivity index (χ0) is 17.8. The minimum atomic E-state index is 0.516. The molecule has 0 saturated carbocycles. The van der Waals surface area contributed by atoms with Crippen molar-refractivity contribution in [3.8, 4) is 0 Å². The van der Waals surface area contributed by atoms with Gasteiger partial charge in [0.05, 0.1) is 0 Å². The van der Waals surface area contributed by atoms with Gasteiger partial charge in [-0.15, -0.1) is 0 Å². The summed E-state index contributed by atoms with van der Waals surface area (Å²) in [5.41, 5.74) is 5.78. The second kappa shape index (κ2) is 8.37. The molecule has 0 aliphatic carbocycles. The van der Waals surface area contributed by atoms with Crippen LogP contribution in [0.1, 0.15) is 54.0 Å². The van der Waals surface area contributed by atoms with Gasteiger partial charge in [-0.2, -0.15) is 0 Å². The molecular weight excluding hydrogens is 316 g/mol. The third-order valence-corrected chi connectivity index (χ3v) is 6.07. The lowest BCUT2D eigenvalue weighted by Gasteiger charge is -2.28. The lowest BCUT2D eigenvalue weighted by atomic mass is 9.96. The second-order valence-corrected chi connectivity index (χ2v) is 8.18. The predicted molar refractivity (Wildman–Crippen MR) is 109 cm³/mol. The van der Waals surface area contributed by atoms with E-state index in [9.17, 15) is 0 Å². The Morgan fingerprint density at radius 2 is 1.46 bits per heavy atom. The fraction of sp³-hybridized carbons (Fsp3) is 0.500. The lowest BCUT2D eigenvalue weighted by molar-refractivity contribution is 0.244. The monoisotopic (exact) mass is 348 g/mol. The van der Waals surface area contributed by atoms with Crippen molar-refractivity contribution < 1.29 is 0 Å². The van der Waals surface area contributed by atoms with Gasteiger partial charge in [-0.25, -0.2) is 0 Å². The molecule has 0 radical (unpaired) electrons. The Morgan fingerprint density at radius 1 is 0.808 bits per heavy atom. The summed E-state index contributed by atoms with van der Waals surface area (Å²) in [6, 6.07) is 19.1. The molecule has 0 bridgehead atoms. The highest BCUT2D eigenvalue weighted by atomic mass is 15.2. The van der Waals surface area contributed by atoms with Crippen LogP contribution in [0.2, 0.25) is 0 Å². The molecule has 2 aromatic carbocycles. The Hall–Kier alpha value is -1.64. The molecule has 0 aromatic heterocycles. The van der Waals surface area contributed by atoms with Gasteiger partial charge in [0.25, 0.3) is 0 Å². The van der Waals surface area contributed by atoms with Crippen molar-refractivity contribution in [3.05, 3.63) is 70.8 Å².